The zero-order chi connectivity index (χ0) is 38.6. The van der Waals surface area contributed by atoms with Gasteiger partial charge in [-0.1, -0.05) is 170 Å². The smallest absolute Gasteiger partial charge is 0.377 e. The van der Waals surface area contributed by atoms with E-state index in [1.807, 2.05) is 42.7 Å². The fraction of sp³-hybridized carbons (Fsp3) is 0.950. The molecule has 310 valence electrons. The number of esters is 2. The van der Waals surface area contributed by atoms with Gasteiger partial charge in [0.2, 0.25) is 0 Å². The van der Waals surface area contributed by atoms with E-state index in [1.54, 1.807) is 0 Å². The predicted octanol–water partition coefficient (Wildman–Crippen LogP) is 10.8. The highest BCUT2D eigenvalue weighted by molar-refractivity contribution is 8.76. The summed E-state index contributed by atoms with van der Waals surface area (Å²) in [5, 5.41) is 0. The minimum Gasteiger partial charge on any atom is -0.606 e. The second kappa shape index (κ2) is 36.5. The normalized spacial score (nSPS) is 13.6. The number of unbranched alkanes of at least 4 members (excludes halogenated alkanes) is 23. The van der Waals surface area contributed by atoms with Crippen LogP contribution in [-0.2, 0) is 28.1 Å². The van der Waals surface area contributed by atoms with E-state index in [9.17, 15) is 19.4 Å². The van der Waals surface area contributed by atoms with Gasteiger partial charge < -0.3 is 18.9 Å². The fourth-order valence-corrected chi connectivity index (χ4v) is 7.92. The number of phosphoric ester groups is 1. The Balaban J connectivity index is 4.31. The van der Waals surface area contributed by atoms with Gasteiger partial charge in [-0.25, -0.2) is 0 Å². The molecule has 2 atom stereocenters. The first-order valence-corrected chi connectivity index (χ1v) is 25.1. The van der Waals surface area contributed by atoms with Crippen molar-refractivity contribution in [3.05, 3.63) is 0 Å². The number of rotatable bonds is 40. The lowest BCUT2D eigenvalue weighted by atomic mass is 10.0. The van der Waals surface area contributed by atoms with Gasteiger partial charge >= 0.3 is 20.1 Å². The first-order chi connectivity index (χ1) is 25.0. The number of nitrogens with zero attached hydrogens (tertiary/aromatic N) is 1. The molecule has 1 unspecified atom stereocenters. The number of hydrogen-bond donors (Lipinski definition) is 1. The van der Waals surface area contributed by atoms with Crippen molar-refractivity contribution in [1.29, 1.82) is 0 Å². The van der Waals surface area contributed by atoms with Crippen molar-refractivity contribution in [2.45, 2.75) is 186 Å². The van der Waals surface area contributed by atoms with E-state index in [-0.39, 0.29) is 25.6 Å². The van der Waals surface area contributed by atoms with E-state index in [4.69, 9.17) is 18.5 Å². The molecule has 0 saturated carbocycles. The first kappa shape index (κ1) is 51.9. The molecule has 0 radical (unpaired) electrons. The Kier molecular flexibility index (Phi) is 36.4. The molecule has 0 aromatic carbocycles. The molecule has 0 spiro atoms. The van der Waals surface area contributed by atoms with Gasteiger partial charge in [0, 0.05) is 18.6 Å². The molecular weight excluding hydrogens is 718 g/mol. The summed E-state index contributed by atoms with van der Waals surface area (Å²) in [6, 6.07) is 0. The summed E-state index contributed by atoms with van der Waals surface area (Å²) in [5.41, 5.74) is 0. The van der Waals surface area contributed by atoms with Gasteiger partial charge in [0.05, 0.1) is 21.1 Å². The number of phosphoric acid groups is 1. The molecule has 12 heteroatoms. The third-order valence-electron chi connectivity index (χ3n) is 9.13. The van der Waals surface area contributed by atoms with Crippen LogP contribution in [0.15, 0.2) is 0 Å². The predicted molar refractivity (Wildman–Crippen MR) is 221 cm³/mol. The van der Waals surface area contributed by atoms with Gasteiger partial charge in [0.15, 0.2) is 6.10 Å². The molecule has 0 bridgehead atoms. The molecule has 0 amide bonds. The summed E-state index contributed by atoms with van der Waals surface area (Å²) >= 11 is 0. The van der Waals surface area contributed by atoms with Crippen LogP contribution in [-0.4, -0.2) is 86.9 Å². The van der Waals surface area contributed by atoms with Gasteiger partial charge in [-0.05, 0) is 25.5 Å². The van der Waals surface area contributed by atoms with E-state index in [2.05, 4.69) is 13.2 Å². The Morgan fingerprint density at radius 3 is 1.50 bits per heavy atom. The molecule has 0 heterocycles. The minimum absolute atomic E-state index is 0.0356. The van der Waals surface area contributed by atoms with Crippen molar-refractivity contribution in [2.75, 3.05) is 59.5 Å². The molecule has 9 nitrogen and oxygen atoms in total. The number of likely N-dealkylation sites (N-methyl/N-ethyl adjacent to an activating group) is 1. The van der Waals surface area contributed by atoms with Crippen LogP contribution in [0.3, 0.4) is 0 Å². The molecule has 0 aliphatic heterocycles. The van der Waals surface area contributed by atoms with Crippen molar-refractivity contribution in [2.24, 2.45) is 0 Å². The van der Waals surface area contributed by atoms with E-state index >= 15 is 0 Å². The summed E-state index contributed by atoms with van der Waals surface area (Å²) < 4.78 is 21.8. The van der Waals surface area contributed by atoms with E-state index < -0.39 is 26.9 Å². The molecule has 0 aliphatic rings. The maximum absolute atomic E-state index is 12.7. The van der Waals surface area contributed by atoms with Crippen LogP contribution < -0.4 is 4.89 Å². The van der Waals surface area contributed by atoms with Crippen LogP contribution in [0.4, 0.5) is 0 Å². The molecule has 0 saturated heterocycles. The van der Waals surface area contributed by atoms with Gasteiger partial charge in [-0.2, -0.15) is 13.9 Å². The Hall–Kier alpha value is -0.130. The second-order valence-electron chi connectivity index (χ2n) is 15.4. The van der Waals surface area contributed by atoms with Crippen molar-refractivity contribution < 1.29 is 42.4 Å². The van der Waals surface area contributed by atoms with E-state index in [0.717, 1.165) is 32.1 Å². The van der Waals surface area contributed by atoms with Crippen LogP contribution in [0, 0.1) is 0 Å². The highest BCUT2D eigenvalue weighted by Crippen LogP contribution is 2.47. The maximum atomic E-state index is 12.7. The van der Waals surface area contributed by atoms with Crippen LogP contribution in [0.1, 0.15) is 180 Å². The number of carbonyl (C=O) groups is 2. The second-order valence-corrected chi connectivity index (χ2v) is 19.5. The standard InChI is InChI=1S/C40H80NO8PS2/c1-6-7-8-9-10-11-12-13-17-20-23-26-29-32-40(43)49-38(37-48-50(44,45)47-34-33-41(2,3)4)36-46-39(42)31-28-25-22-19-16-14-15-18-21-24-27-30-35-52-51-5/h38H,6-37H2,1-5H3/p+1/t38-/m1/s1. The Morgan fingerprint density at radius 2 is 1.06 bits per heavy atom. The molecule has 1 N–H and O–H groups in total. The summed E-state index contributed by atoms with van der Waals surface area (Å²) in [5.74, 6) is 0.481. The number of ether oxygens (including phenoxy) is 2. The van der Waals surface area contributed by atoms with Crippen LogP contribution >= 0.6 is 29.8 Å². The topological polar surface area (TPSA) is 114 Å². The molecule has 0 rings (SSSR count). The molecule has 0 aliphatic carbocycles. The highest BCUT2D eigenvalue weighted by Gasteiger charge is 2.31. The molecule has 0 aromatic heterocycles. The van der Waals surface area contributed by atoms with Crippen LogP contribution in [0.5, 0.6) is 0 Å². The van der Waals surface area contributed by atoms with Crippen LogP contribution in [0.25, 0.3) is 0 Å². The van der Waals surface area contributed by atoms with Crippen molar-refractivity contribution >= 4 is 41.7 Å². The van der Waals surface area contributed by atoms with Crippen LogP contribution in [0.2, 0.25) is 0 Å². The zero-order valence-corrected chi connectivity index (χ0v) is 36.7. The lowest BCUT2D eigenvalue weighted by Gasteiger charge is -2.26. The summed E-state index contributed by atoms with van der Waals surface area (Å²) in [4.78, 5) is 47.8. The Labute approximate surface area is 328 Å². The number of quaternary nitrogens is 1. The van der Waals surface area contributed by atoms with E-state index in [1.165, 1.54) is 128 Å². The van der Waals surface area contributed by atoms with Gasteiger partial charge in [0.1, 0.15) is 26.4 Å². The molecule has 52 heavy (non-hydrogen) atoms. The Bertz CT molecular complexity index is 819. The number of carbonyl (C=O) groups excluding carboxylic acids is 2. The van der Waals surface area contributed by atoms with Crippen molar-refractivity contribution in [1.82, 2.24) is 0 Å². The average molecular weight is 799 g/mol. The monoisotopic (exact) mass is 799 g/mol. The molecule has 0 aromatic rings. The third-order valence-corrected chi connectivity index (χ3v) is 12.0. The van der Waals surface area contributed by atoms with Gasteiger partial charge in [0.25, 0.3) is 0 Å². The lowest BCUT2D eigenvalue weighted by Crippen LogP contribution is -2.38. The summed E-state index contributed by atoms with van der Waals surface area (Å²) in [6.07, 6.45) is 32.1. The summed E-state index contributed by atoms with van der Waals surface area (Å²) in [7, 11) is 5.30. The first-order valence-electron chi connectivity index (χ1n) is 20.9. The fourth-order valence-electron chi connectivity index (χ4n) is 5.83. The highest BCUT2D eigenvalue weighted by atomic mass is 33.1. The largest absolute Gasteiger partial charge is 0.606 e. The van der Waals surface area contributed by atoms with Gasteiger partial charge in [-0.15, -0.1) is 0 Å². The lowest BCUT2D eigenvalue weighted by molar-refractivity contribution is -0.870. The third kappa shape index (κ3) is 39.6. The average Bonchev–Trinajstić information content (AvgIpc) is 3.09. The van der Waals surface area contributed by atoms with Crippen molar-refractivity contribution in [3.8, 4) is 0 Å². The minimum atomic E-state index is -4.36. The quantitative estimate of drug-likeness (QED) is 0.0211. The summed E-state index contributed by atoms with van der Waals surface area (Å²) in [6.45, 7) is 2.18. The van der Waals surface area contributed by atoms with Crippen molar-refractivity contribution in [3.63, 3.8) is 0 Å². The number of hydrogen-bond acceptors (Lipinski definition) is 10. The van der Waals surface area contributed by atoms with E-state index in [0.29, 0.717) is 23.9 Å². The zero-order valence-electron chi connectivity index (χ0n) is 34.2. The molecular formula is C40H81NO8PS2+. The molecule has 0 fully saturated rings. The Morgan fingerprint density at radius 1 is 0.635 bits per heavy atom. The van der Waals surface area contributed by atoms with Gasteiger partial charge in [-0.3, -0.25) is 9.59 Å². The maximum Gasteiger partial charge on any atom is 0.377 e. The SMILES string of the molecule is CCCCCCCCCCCCCCCC(=O)O[C@H](COC(=O)CCCCCCCCCCCCCCSSC)CO[P+]([O-])(O)OCC[N+](C)(C)C.